The average molecular weight is 398 g/mol. The van der Waals surface area contributed by atoms with Crippen LogP contribution < -0.4 is 9.68 Å². The number of carbonyl (C=O) groups excluding carboxylic acids is 1. The van der Waals surface area contributed by atoms with E-state index in [4.69, 9.17) is 9.15 Å². The summed E-state index contributed by atoms with van der Waals surface area (Å²) in [6.07, 6.45) is 0. The van der Waals surface area contributed by atoms with Gasteiger partial charge in [0.2, 0.25) is 0 Å². The summed E-state index contributed by atoms with van der Waals surface area (Å²) in [7, 11) is 0. The van der Waals surface area contributed by atoms with Gasteiger partial charge in [0.1, 0.15) is 5.75 Å². The van der Waals surface area contributed by atoms with Crippen molar-refractivity contribution in [2.75, 3.05) is 0 Å². The highest BCUT2D eigenvalue weighted by Crippen LogP contribution is 2.35. The van der Waals surface area contributed by atoms with E-state index in [1.807, 2.05) is 66.7 Å². The van der Waals surface area contributed by atoms with Gasteiger partial charge in [-0.25, -0.2) is 9.59 Å². The maximum atomic E-state index is 12.9. The van der Waals surface area contributed by atoms with E-state index >= 15 is 0 Å². The van der Waals surface area contributed by atoms with Gasteiger partial charge in [0.15, 0.2) is 5.58 Å². The van der Waals surface area contributed by atoms with Gasteiger partial charge >= 0.3 is 10.9 Å². The highest BCUT2D eigenvalue weighted by Gasteiger charge is 2.17. The predicted octanol–water partition coefficient (Wildman–Crippen LogP) is 5.89. The minimum atomic E-state index is -0.448. The van der Waals surface area contributed by atoms with Gasteiger partial charge in [-0.2, -0.15) is 0 Å². The Morgan fingerprint density at radius 1 is 0.862 bits per heavy atom. The predicted molar refractivity (Wildman–Crippen MR) is 115 cm³/mol. The third-order valence-corrected chi connectivity index (χ3v) is 5.49. The van der Waals surface area contributed by atoms with Crippen LogP contribution in [0.5, 0.6) is 5.75 Å². The third-order valence-electron chi connectivity index (χ3n) is 4.71. The van der Waals surface area contributed by atoms with Gasteiger partial charge in [0, 0.05) is 11.6 Å². The zero-order valence-corrected chi connectivity index (χ0v) is 15.9. The van der Waals surface area contributed by atoms with Gasteiger partial charge in [-0.3, -0.25) is 0 Å². The number of hydrogen-bond acceptors (Lipinski definition) is 5. The Morgan fingerprint density at radius 2 is 1.62 bits per heavy atom. The van der Waals surface area contributed by atoms with Gasteiger partial charge in [0.25, 0.3) is 0 Å². The Kier molecular flexibility index (Phi) is 4.22. The molecule has 0 aliphatic rings. The highest BCUT2D eigenvalue weighted by atomic mass is 32.1. The van der Waals surface area contributed by atoms with Crippen LogP contribution in [0, 0.1) is 0 Å². The van der Waals surface area contributed by atoms with Gasteiger partial charge in [-0.15, -0.1) is 0 Å². The molecule has 4 aromatic carbocycles. The smallest absolute Gasteiger partial charge is 0.396 e. The molecule has 0 aliphatic heterocycles. The van der Waals surface area contributed by atoms with E-state index in [1.54, 1.807) is 18.2 Å². The van der Waals surface area contributed by atoms with E-state index in [9.17, 15) is 9.59 Å². The molecule has 1 heterocycles. The van der Waals surface area contributed by atoms with Crippen LogP contribution in [-0.2, 0) is 0 Å². The number of fused-ring (bicyclic) bond motifs is 2. The Labute approximate surface area is 169 Å². The zero-order chi connectivity index (χ0) is 19.8. The van der Waals surface area contributed by atoms with Crippen molar-refractivity contribution in [3.05, 3.63) is 100 Å². The molecular weight excluding hydrogens is 384 g/mol. The second-order valence-electron chi connectivity index (χ2n) is 6.53. The molecule has 0 radical (unpaired) electrons. The molecule has 0 aliphatic carbocycles. The number of benzene rings is 4. The standard InChI is InChI=1S/C24H14O4S/c25-23(19-12-6-10-15-9-4-5-11-18(15)19)27-17-13-20(16-7-2-1-3-8-16)22-21(14-17)29-24(26)28-22/h1-14H. The summed E-state index contributed by atoms with van der Waals surface area (Å²) in [6.45, 7) is 0. The summed E-state index contributed by atoms with van der Waals surface area (Å²) in [5, 5.41) is 1.80. The van der Waals surface area contributed by atoms with E-state index in [2.05, 4.69) is 0 Å². The summed E-state index contributed by atoms with van der Waals surface area (Å²) in [5.41, 5.74) is 2.57. The van der Waals surface area contributed by atoms with E-state index < -0.39 is 10.9 Å². The van der Waals surface area contributed by atoms with Crippen LogP contribution in [0.4, 0.5) is 0 Å². The first kappa shape index (κ1) is 17.4. The summed E-state index contributed by atoms with van der Waals surface area (Å²) in [4.78, 5) is 24.3. The lowest BCUT2D eigenvalue weighted by molar-refractivity contribution is 0.0737. The summed E-state index contributed by atoms with van der Waals surface area (Å²) in [5.74, 6) is -0.0812. The van der Waals surface area contributed by atoms with Gasteiger partial charge in [-0.1, -0.05) is 78.1 Å². The van der Waals surface area contributed by atoms with Crippen LogP contribution >= 0.6 is 11.3 Å². The normalized spacial score (nSPS) is 11.0. The fourth-order valence-corrected chi connectivity index (χ4v) is 4.13. The largest absolute Gasteiger partial charge is 0.423 e. The van der Waals surface area contributed by atoms with Gasteiger partial charge < -0.3 is 9.15 Å². The maximum absolute atomic E-state index is 12.9. The van der Waals surface area contributed by atoms with Crippen LogP contribution in [-0.4, -0.2) is 5.97 Å². The van der Waals surface area contributed by atoms with Crippen LogP contribution in [0.3, 0.4) is 0 Å². The van der Waals surface area contributed by atoms with E-state index in [0.29, 0.717) is 27.2 Å². The molecule has 0 atom stereocenters. The molecule has 5 aromatic rings. The van der Waals surface area contributed by atoms with Crippen LogP contribution in [0.1, 0.15) is 10.4 Å². The number of carbonyl (C=O) groups is 1. The fraction of sp³-hybridized carbons (Fsp3) is 0. The van der Waals surface area contributed by atoms with Crippen molar-refractivity contribution >= 4 is 38.4 Å². The fourth-order valence-electron chi connectivity index (χ4n) is 3.41. The first-order valence-electron chi connectivity index (χ1n) is 9.02. The van der Waals surface area contributed by atoms with Crippen molar-refractivity contribution in [3.8, 4) is 16.9 Å². The minimum Gasteiger partial charge on any atom is -0.423 e. The van der Waals surface area contributed by atoms with Crippen molar-refractivity contribution in [3.63, 3.8) is 0 Å². The zero-order valence-electron chi connectivity index (χ0n) is 15.1. The Hall–Kier alpha value is -3.70. The number of esters is 1. The first-order chi connectivity index (χ1) is 14.2. The van der Waals surface area contributed by atoms with Crippen molar-refractivity contribution in [2.24, 2.45) is 0 Å². The van der Waals surface area contributed by atoms with Crippen LogP contribution in [0.15, 0.2) is 94.1 Å². The van der Waals surface area contributed by atoms with Crippen LogP contribution in [0.25, 0.3) is 32.2 Å². The molecule has 0 unspecified atom stereocenters. The number of rotatable bonds is 3. The average Bonchev–Trinajstić information content (AvgIpc) is 3.13. The van der Waals surface area contributed by atoms with Gasteiger partial charge in [0.05, 0.1) is 10.3 Å². The Morgan fingerprint density at radius 3 is 2.48 bits per heavy atom. The third kappa shape index (κ3) is 3.22. The molecule has 0 spiro atoms. The van der Waals surface area contributed by atoms with E-state index in [-0.39, 0.29) is 0 Å². The lowest BCUT2D eigenvalue weighted by Gasteiger charge is -2.09. The molecule has 5 rings (SSSR count). The second kappa shape index (κ2) is 7.04. The Bertz CT molecular complexity index is 1410. The second-order valence-corrected chi connectivity index (χ2v) is 7.51. The van der Waals surface area contributed by atoms with Crippen molar-refractivity contribution in [1.82, 2.24) is 0 Å². The quantitative estimate of drug-likeness (QED) is 0.281. The molecule has 0 amide bonds. The lowest BCUT2D eigenvalue weighted by atomic mass is 10.0. The van der Waals surface area contributed by atoms with Crippen molar-refractivity contribution in [1.29, 1.82) is 0 Å². The molecule has 0 saturated heterocycles. The molecule has 0 fully saturated rings. The monoisotopic (exact) mass is 398 g/mol. The Balaban J connectivity index is 1.60. The SMILES string of the molecule is O=C(Oc1cc(-c2ccccc2)c2oc(=O)sc2c1)c1cccc2ccccc12. The number of hydrogen-bond donors (Lipinski definition) is 0. The van der Waals surface area contributed by atoms with Crippen molar-refractivity contribution in [2.45, 2.75) is 0 Å². The molecule has 29 heavy (non-hydrogen) atoms. The minimum absolute atomic E-state index is 0.367. The van der Waals surface area contributed by atoms with E-state index in [0.717, 1.165) is 27.7 Å². The van der Waals surface area contributed by atoms with Crippen LogP contribution in [0.2, 0.25) is 0 Å². The first-order valence-corrected chi connectivity index (χ1v) is 9.84. The summed E-state index contributed by atoms with van der Waals surface area (Å²) < 4.78 is 11.7. The summed E-state index contributed by atoms with van der Waals surface area (Å²) >= 11 is 0.987. The number of ether oxygens (including phenoxy) is 1. The molecule has 1 aromatic heterocycles. The summed E-state index contributed by atoms with van der Waals surface area (Å²) in [6, 6.07) is 26.2. The molecule has 140 valence electrons. The highest BCUT2D eigenvalue weighted by molar-refractivity contribution is 7.16. The lowest BCUT2D eigenvalue weighted by Crippen LogP contribution is -2.09. The van der Waals surface area contributed by atoms with Gasteiger partial charge in [-0.05, 0) is 28.5 Å². The van der Waals surface area contributed by atoms with E-state index in [1.165, 1.54) is 0 Å². The molecule has 0 saturated carbocycles. The molecule has 5 heteroatoms. The topological polar surface area (TPSA) is 56.5 Å². The molecule has 4 nitrogen and oxygen atoms in total. The maximum Gasteiger partial charge on any atom is 0.396 e. The van der Waals surface area contributed by atoms with Crippen molar-refractivity contribution < 1.29 is 13.9 Å². The molecular formula is C24H14O4S. The molecule has 0 bridgehead atoms. The molecule has 0 N–H and O–H groups in total.